The molecule has 1 rings (SSSR count). The van der Waals surface area contributed by atoms with Gasteiger partial charge in [-0.05, 0) is 6.92 Å². The lowest BCUT2D eigenvalue weighted by Crippen LogP contribution is -2.45. The number of carboxylic acids is 1. The molecule has 2 atom stereocenters. The van der Waals surface area contributed by atoms with Gasteiger partial charge in [-0.3, -0.25) is 9.69 Å². The molecule has 0 aromatic rings. The Morgan fingerprint density at radius 3 is 2.92 bits per heavy atom. The third-order valence-corrected chi connectivity index (χ3v) is 3.97. The molecule has 2 unspecified atom stereocenters. The van der Waals surface area contributed by atoms with Crippen molar-refractivity contribution in [3.63, 3.8) is 0 Å². The Morgan fingerprint density at radius 1 is 1.62 bits per heavy atom. The maximum atomic E-state index is 10.4. The molecule has 1 fully saturated rings. The molecule has 1 heterocycles. The summed E-state index contributed by atoms with van der Waals surface area (Å²) in [6.07, 6.45) is 0.266. The van der Waals surface area contributed by atoms with Gasteiger partial charge in [-0.15, -0.1) is 0 Å². The van der Waals surface area contributed by atoms with Crippen LogP contribution in [0.1, 0.15) is 20.3 Å². The topological polar surface area (TPSA) is 40.5 Å². The molecule has 3 nitrogen and oxygen atoms in total. The van der Waals surface area contributed by atoms with Gasteiger partial charge in [0, 0.05) is 30.1 Å². The van der Waals surface area contributed by atoms with E-state index in [-0.39, 0.29) is 6.42 Å². The summed E-state index contributed by atoms with van der Waals surface area (Å²) < 4.78 is 0. The van der Waals surface area contributed by atoms with Gasteiger partial charge in [0.1, 0.15) is 0 Å². The second-order valence-corrected chi connectivity index (χ2v) is 4.98. The van der Waals surface area contributed by atoms with E-state index in [1.165, 1.54) is 0 Å². The fourth-order valence-electron chi connectivity index (χ4n) is 1.55. The third kappa shape index (κ3) is 3.19. The van der Waals surface area contributed by atoms with Crippen LogP contribution in [-0.4, -0.2) is 46.1 Å². The summed E-state index contributed by atoms with van der Waals surface area (Å²) in [7, 11) is 0. The molecule has 76 valence electrons. The minimum Gasteiger partial charge on any atom is -0.481 e. The highest BCUT2D eigenvalue weighted by Gasteiger charge is 2.24. The average molecular weight is 203 g/mol. The Hall–Kier alpha value is -0.220. The predicted molar refractivity (Wildman–Crippen MR) is 55.2 cm³/mol. The number of aliphatic carboxylic acids is 1. The van der Waals surface area contributed by atoms with E-state index in [4.69, 9.17) is 5.11 Å². The lowest BCUT2D eigenvalue weighted by Gasteiger charge is -2.37. The summed E-state index contributed by atoms with van der Waals surface area (Å²) in [5.74, 6) is 0.434. The van der Waals surface area contributed by atoms with Gasteiger partial charge in [0.2, 0.25) is 0 Å². The minimum absolute atomic E-state index is 0.266. The van der Waals surface area contributed by atoms with E-state index in [0.29, 0.717) is 17.8 Å². The van der Waals surface area contributed by atoms with Crippen molar-refractivity contribution in [3.8, 4) is 0 Å². The molecule has 0 radical (unpaired) electrons. The van der Waals surface area contributed by atoms with Gasteiger partial charge >= 0.3 is 5.97 Å². The van der Waals surface area contributed by atoms with Crippen LogP contribution in [0.3, 0.4) is 0 Å². The molecule has 1 aliphatic rings. The summed E-state index contributed by atoms with van der Waals surface area (Å²) in [6.45, 7) is 6.12. The van der Waals surface area contributed by atoms with E-state index in [1.54, 1.807) is 0 Å². The number of rotatable bonds is 3. The largest absolute Gasteiger partial charge is 0.481 e. The van der Waals surface area contributed by atoms with E-state index < -0.39 is 5.97 Å². The third-order valence-electron chi connectivity index (χ3n) is 2.63. The number of carboxylic acid groups (broad SMARTS) is 1. The Kier molecular flexibility index (Phi) is 4.06. The zero-order chi connectivity index (χ0) is 9.84. The second kappa shape index (κ2) is 4.86. The molecule has 0 spiro atoms. The molecule has 1 N–H and O–H groups in total. The number of thioether (sulfide) groups is 1. The molecule has 0 saturated carbocycles. The van der Waals surface area contributed by atoms with Gasteiger partial charge in [0.15, 0.2) is 0 Å². The van der Waals surface area contributed by atoms with Crippen LogP contribution in [0, 0.1) is 0 Å². The highest BCUT2D eigenvalue weighted by Crippen LogP contribution is 2.23. The number of carbonyl (C=O) groups is 1. The molecule has 0 aliphatic carbocycles. The van der Waals surface area contributed by atoms with E-state index in [0.717, 1.165) is 12.3 Å². The van der Waals surface area contributed by atoms with E-state index in [2.05, 4.69) is 18.7 Å². The van der Waals surface area contributed by atoms with Crippen molar-refractivity contribution in [2.24, 2.45) is 0 Å². The maximum Gasteiger partial charge on any atom is 0.304 e. The Bertz CT molecular complexity index is 186. The van der Waals surface area contributed by atoms with Crippen LogP contribution in [0.5, 0.6) is 0 Å². The van der Waals surface area contributed by atoms with Crippen LogP contribution in [0.25, 0.3) is 0 Å². The van der Waals surface area contributed by atoms with Crippen LogP contribution in [0.4, 0.5) is 0 Å². The Morgan fingerprint density at radius 2 is 2.31 bits per heavy atom. The molecule has 0 bridgehead atoms. The standard InChI is InChI=1S/C9H17NO2S/c1-7-8(2)13-6-5-10(7)4-3-9(11)12/h7-8H,3-6H2,1-2H3,(H,11,12). The van der Waals surface area contributed by atoms with Crippen molar-refractivity contribution in [1.29, 1.82) is 0 Å². The summed E-state index contributed by atoms with van der Waals surface area (Å²) in [5.41, 5.74) is 0. The first-order chi connectivity index (χ1) is 6.11. The fraction of sp³-hybridized carbons (Fsp3) is 0.889. The second-order valence-electron chi connectivity index (χ2n) is 3.50. The summed E-state index contributed by atoms with van der Waals surface area (Å²) >= 11 is 1.98. The molecule has 0 aromatic heterocycles. The number of hydrogen-bond acceptors (Lipinski definition) is 3. The highest BCUT2D eigenvalue weighted by molar-refractivity contribution is 8.00. The molecule has 0 amide bonds. The fourth-order valence-corrected chi connectivity index (χ4v) is 2.71. The van der Waals surface area contributed by atoms with E-state index >= 15 is 0 Å². The van der Waals surface area contributed by atoms with Crippen LogP contribution in [0.15, 0.2) is 0 Å². The van der Waals surface area contributed by atoms with Crippen molar-refractivity contribution in [1.82, 2.24) is 4.90 Å². The lowest BCUT2D eigenvalue weighted by atomic mass is 10.2. The van der Waals surface area contributed by atoms with Crippen LogP contribution < -0.4 is 0 Å². The summed E-state index contributed by atoms with van der Waals surface area (Å²) in [4.78, 5) is 12.7. The van der Waals surface area contributed by atoms with Gasteiger partial charge in [-0.1, -0.05) is 6.92 Å². The summed E-state index contributed by atoms with van der Waals surface area (Å²) in [6, 6.07) is 0.512. The predicted octanol–water partition coefficient (Wildman–Crippen LogP) is 1.29. The van der Waals surface area contributed by atoms with Crippen LogP contribution >= 0.6 is 11.8 Å². The molecule has 13 heavy (non-hydrogen) atoms. The first-order valence-corrected chi connectivity index (χ1v) is 5.73. The van der Waals surface area contributed by atoms with Gasteiger partial charge in [-0.25, -0.2) is 0 Å². The monoisotopic (exact) mass is 203 g/mol. The van der Waals surface area contributed by atoms with Gasteiger partial charge in [0.25, 0.3) is 0 Å². The van der Waals surface area contributed by atoms with Gasteiger partial charge in [0.05, 0.1) is 6.42 Å². The van der Waals surface area contributed by atoms with Crippen molar-refractivity contribution < 1.29 is 9.90 Å². The molecule has 1 aliphatic heterocycles. The molecular formula is C9H17NO2S. The zero-order valence-electron chi connectivity index (χ0n) is 8.19. The van der Waals surface area contributed by atoms with E-state index in [9.17, 15) is 4.79 Å². The normalized spacial score (nSPS) is 30.3. The number of nitrogens with zero attached hydrogens (tertiary/aromatic N) is 1. The molecule has 4 heteroatoms. The zero-order valence-corrected chi connectivity index (χ0v) is 9.01. The quantitative estimate of drug-likeness (QED) is 0.750. The molecule has 1 saturated heterocycles. The maximum absolute atomic E-state index is 10.4. The van der Waals surface area contributed by atoms with E-state index in [1.807, 2.05) is 11.8 Å². The Labute approximate surface area is 83.5 Å². The van der Waals surface area contributed by atoms with Crippen LogP contribution in [-0.2, 0) is 4.79 Å². The SMILES string of the molecule is CC1SCCN(CCC(=O)O)C1C. The Balaban J connectivity index is 2.35. The lowest BCUT2D eigenvalue weighted by molar-refractivity contribution is -0.137. The molecular weight excluding hydrogens is 186 g/mol. The van der Waals surface area contributed by atoms with Crippen LogP contribution in [0.2, 0.25) is 0 Å². The van der Waals surface area contributed by atoms with Gasteiger partial charge in [-0.2, -0.15) is 11.8 Å². The first-order valence-electron chi connectivity index (χ1n) is 4.68. The number of hydrogen-bond donors (Lipinski definition) is 1. The average Bonchev–Trinajstić information content (AvgIpc) is 2.07. The van der Waals surface area contributed by atoms with Gasteiger partial charge < -0.3 is 5.11 Å². The smallest absolute Gasteiger partial charge is 0.304 e. The van der Waals surface area contributed by atoms with Crippen molar-refractivity contribution in [2.45, 2.75) is 31.6 Å². The minimum atomic E-state index is -0.696. The highest BCUT2D eigenvalue weighted by atomic mass is 32.2. The van der Waals surface area contributed by atoms with Crippen molar-refractivity contribution in [2.75, 3.05) is 18.8 Å². The summed E-state index contributed by atoms with van der Waals surface area (Å²) in [5, 5.41) is 9.19. The molecule has 0 aromatic carbocycles. The van der Waals surface area contributed by atoms with Crippen molar-refractivity contribution in [3.05, 3.63) is 0 Å². The first kappa shape index (κ1) is 10.9. The van der Waals surface area contributed by atoms with Crippen molar-refractivity contribution >= 4 is 17.7 Å².